The van der Waals surface area contributed by atoms with E-state index in [2.05, 4.69) is 17.2 Å². The van der Waals surface area contributed by atoms with Crippen molar-refractivity contribution in [3.05, 3.63) is 48.1 Å². The Hall–Kier alpha value is -1.95. The lowest BCUT2D eigenvalue weighted by Crippen LogP contribution is -2.43. The molecule has 3 N–H and O–H groups in total. The molecule has 0 saturated heterocycles. The van der Waals surface area contributed by atoms with Crippen molar-refractivity contribution in [2.24, 2.45) is 0 Å². The quantitative estimate of drug-likeness (QED) is 0.713. The summed E-state index contributed by atoms with van der Waals surface area (Å²) in [6.45, 7) is 4.83. The summed E-state index contributed by atoms with van der Waals surface area (Å²) in [6, 6.07) is 2.36. The Morgan fingerprint density at radius 3 is 2.74 bits per heavy atom. The molecule has 1 aromatic carbocycles. The van der Waals surface area contributed by atoms with E-state index < -0.39 is 23.3 Å². The highest BCUT2D eigenvalue weighted by molar-refractivity contribution is 5.74. The summed E-state index contributed by atoms with van der Waals surface area (Å²) in [7, 11) is 0. The van der Waals surface area contributed by atoms with Crippen LogP contribution in [0.25, 0.3) is 0 Å². The fourth-order valence-electron chi connectivity index (χ4n) is 1.50. The van der Waals surface area contributed by atoms with Crippen LogP contribution in [0.1, 0.15) is 12.5 Å². The van der Waals surface area contributed by atoms with E-state index in [0.717, 1.165) is 12.1 Å². The Morgan fingerprint density at radius 2 is 2.16 bits per heavy atom. The number of hydrogen-bond donors (Lipinski definition) is 3. The fraction of sp³-hybridized carbons (Fsp3) is 0.308. The standard InChI is InChI=1S/C13H16F2N2O2/c1-3-6-16-12(18)17-8-13(2,19)10-5-4-9(14)7-11(10)15/h3-5,7,19H,1,6,8H2,2H3,(H2,16,17,18). The van der Waals surface area contributed by atoms with Gasteiger partial charge >= 0.3 is 6.03 Å². The van der Waals surface area contributed by atoms with Gasteiger partial charge in [-0.1, -0.05) is 12.1 Å². The van der Waals surface area contributed by atoms with Crippen molar-refractivity contribution in [2.45, 2.75) is 12.5 Å². The molecule has 1 unspecified atom stereocenters. The van der Waals surface area contributed by atoms with Crippen LogP contribution in [0, 0.1) is 11.6 Å². The van der Waals surface area contributed by atoms with Crippen LogP contribution in [0.2, 0.25) is 0 Å². The number of nitrogens with one attached hydrogen (secondary N) is 2. The molecule has 0 aliphatic rings. The number of amides is 2. The molecule has 6 heteroatoms. The van der Waals surface area contributed by atoms with Gasteiger partial charge < -0.3 is 15.7 Å². The van der Waals surface area contributed by atoms with Gasteiger partial charge in [-0.2, -0.15) is 0 Å². The molecule has 1 rings (SSSR count). The van der Waals surface area contributed by atoms with Gasteiger partial charge in [-0.3, -0.25) is 0 Å². The van der Waals surface area contributed by atoms with E-state index in [4.69, 9.17) is 0 Å². The maximum absolute atomic E-state index is 13.5. The van der Waals surface area contributed by atoms with Crippen LogP contribution in [0.3, 0.4) is 0 Å². The average molecular weight is 270 g/mol. The average Bonchev–Trinajstić information content (AvgIpc) is 2.33. The van der Waals surface area contributed by atoms with E-state index in [9.17, 15) is 18.7 Å². The predicted octanol–water partition coefficient (Wildman–Crippen LogP) is 1.66. The second kappa shape index (κ2) is 6.29. The Kier molecular flexibility index (Phi) is 5.00. The first kappa shape index (κ1) is 15.1. The third-order valence-corrected chi connectivity index (χ3v) is 2.51. The van der Waals surface area contributed by atoms with E-state index in [0.29, 0.717) is 6.07 Å². The molecule has 4 nitrogen and oxygen atoms in total. The Bertz CT molecular complexity index is 476. The summed E-state index contributed by atoms with van der Waals surface area (Å²) in [5.41, 5.74) is -1.72. The zero-order chi connectivity index (χ0) is 14.5. The number of aliphatic hydroxyl groups is 1. The minimum absolute atomic E-state index is 0.0853. The Balaban J connectivity index is 2.69. The fourth-order valence-corrected chi connectivity index (χ4v) is 1.50. The lowest BCUT2D eigenvalue weighted by molar-refractivity contribution is 0.0556. The number of rotatable bonds is 5. The molecular formula is C13H16F2N2O2. The molecule has 2 amide bonds. The smallest absolute Gasteiger partial charge is 0.315 e. The summed E-state index contributed by atoms with van der Waals surface area (Å²) >= 11 is 0. The van der Waals surface area contributed by atoms with Crippen LogP contribution in [0.15, 0.2) is 30.9 Å². The molecule has 0 aromatic heterocycles. The summed E-state index contributed by atoms with van der Waals surface area (Å²) in [5, 5.41) is 14.9. The summed E-state index contributed by atoms with van der Waals surface area (Å²) in [5.74, 6) is -1.59. The van der Waals surface area contributed by atoms with Gasteiger partial charge in [-0.05, 0) is 13.0 Å². The number of halogens is 2. The van der Waals surface area contributed by atoms with Crippen molar-refractivity contribution in [3.63, 3.8) is 0 Å². The molecule has 0 aliphatic heterocycles. The zero-order valence-corrected chi connectivity index (χ0v) is 10.5. The van der Waals surface area contributed by atoms with Crippen LogP contribution in [-0.4, -0.2) is 24.2 Å². The van der Waals surface area contributed by atoms with Crippen molar-refractivity contribution >= 4 is 6.03 Å². The molecular weight excluding hydrogens is 254 g/mol. The van der Waals surface area contributed by atoms with Gasteiger partial charge in [0.05, 0.1) is 6.54 Å². The van der Waals surface area contributed by atoms with Crippen LogP contribution >= 0.6 is 0 Å². The van der Waals surface area contributed by atoms with Crippen LogP contribution in [0.4, 0.5) is 13.6 Å². The minimum atomic E-state index is -1.64. The van der Waals surface area contributed by atoms with E-state index in [-0.39, 0.29) is 18.7 Å². The van der Waals surface area contributed by atoms with Gasteiger partial charge in [-0.25, -0.2) is 13.6 Å². The zero-order valence-electron chi connectivity index (χ0n) is 10.5. The molecule has 0 spiro atoms. The maximum Gasteiger partial charge on any atom is 0.315 e. The van der Waals surface area contributed by atoms with Gasteiger partial charge in [0, 0.05) is 18.2 Å². The molecule has 0 fully saturated rings. The number of hydrogen-bond acceptors (Lipinski definition) is 2. The molecule has 0 radical (unpaired) electrons. The molecule has 1 aromatic rings. The third kappa shape index (κ3) is 4.33. The van der Waals surface area contributed by atoms with Crippen molar-refractivity contribution in [1.82, 2.24) is 10.6 Å². The van der Waals surface area contributed by atoms with Crippen molar-refractivity contribution in [2.75, 3.05) is 13.1 Å². The van der Waals surface area contributed by atoms with Crippen LogP contribution in [-0.2, 0) is 5.60 Å². The molecule has 0 aliphatic carbocycles. The molecule has 104 valence electrons. The molecule has 0 bridgehead atoms. The SMILES string of the molecule is C=CCNC(=O)NCC(C)(O)c1ccc(F)cc1F. The third-order valence-electron chi connectivity index (χ3n) is 2.51. The van der Waals surface area contributed by atoms with Crippen molar-refractivity contribution in [3.8, 4) is 0 Å². The lowest BCUT2D eigenvalue weighted by atomic mass is 9.95. The lowest BCUT2D eigenvalue weighted by Gasteiger charge is -2.24. The Morgan fingerprint density at radius 1 is 1.47 bits per heavy atom. The van der Waals surface area contributed by atoms with E-state index >= 15 is 0 Å². The van der Waals surface area contributed by atoms with Gasteiger partial charge in [0.2, 0.25) is 0 Å². The van der Waals surface area contributed by atoms with Gasteiger partial charge in [0.15, 0.2) is 0 Å². The maximum atomic E-state index is 13.5. The summed E-state index contributed by atoms with van der Waals surface area (Å²) < 4.78 is 26.3. The number of urea groups is 1. The largest absolute Gasteiger partial charge is 0.383 e. The summed E-state index contributed by atoms with van der Waals surface area (Å²) in [4.78, 5) is 11.3. The van der Waals surface area contributed by atoms with Crippen molar-refractivity contribution < 1.29 is 18.7 Å². The van der Waals surface area contributed by atoms with E-state index in [1.165, 1.54) is 13.0 Å². The molecule has 0 saturated carbocycles. The second-order valence-electron chi connectivity index (χ2n) is 4.25. The van der Waals surface area contributed by atoms with Gasteiger partial charge in [0.25, 0.3) is 0 Å². The number of carbonyl (C=O) groups excluding carboxylic acids is 1. The molecule has 1 atom stereocenters. The normalized spacial score (nSPS) is 13.5. The van der Waals surface area contributed by atoms with Crippen LogP contribution in [0.5, 0.6) is 0 Å². The van der Waals surface area contributed by atoms with E-state index in [1.54, 1.807) is 0 Å². The van der Waals surface area contributed by atoms with Crippen LogP contribution < -0.4 is 10.6 Å². The minimum Gasteiger partial charge on any atom is -0.383 e. The highest BCUT2D eigenvalue weighted by Crippen LogP contribution is 2.23. The topological polar surface area (TPSA) is 61.4 Å². The first-order valence-electron chi connectivity index (χ1n) is 5.67. The highest BCUT2D eigenvalue weighted by Gasteiger charge is 2.27. The van der Waals surface area contributed by atoms with Gasteiger partial charge in [-0.15, -0.1) is 6.58 Å². The summed E-state index contributed by atoms with van der Waals surface area (Å²) in [6.07, 6.45) is 1.50. The first-order valence-corrected chi connectivity index (χ1v) is 5.67. The molecule has 19 heavy (non-hydrogen) atoms. The van der Waals surface area contributed by atoms with Gasteiger partial charge in [0.1, 0.15) is 17.2 Å². The highest BCUT2D eigenvalue weighted by atomic mass is 19.1. The Labute approximate surface area is 110 Å². The monoisotopic (exact) mass is 270 g/mol. The number of carbonyl (C=O) groups is 1. The molecule has 0 heterocycles. The first-order chi connectivity index (χ1) is 8.86. The second-order valence-corrected chi connectivity index (χ2v) is 4.25. The predicted molar refractivity (Wildman–Crippen MR) is 67.5 cm³/mol. The number of benzene rings is 1. The van der Waals surface area contributed by atoms with E-state index in [1.807, 2.05) is 0 Å². The van der Waals surface area contributed by atoms with Crippen molar-refractivity contribution in [1.29, 1.82) is 0 Å².